The minimum atomic E-state index is -1.73. The Morgan fingerprint density at radius 1 is 0.971 bits per heavy atom. The number of fused-ring (bicyclic) bond motifs is 1. The van der Waals surface area contributed by atoms with Crippen LogP contribution < -0.4 is 14.2 Å². The summed E-state index contributed by atoms with van der Waals surface area (Å²) in [6.45, 7) is 0.217. The predicted molar refractivity (Wildman–Crippen MR) is 114 cm³/mol. The van der Waals surface area contributed by atoms with Crippen molar-refractivity contribution in [3.05, 3.63) is 41.5 Å². The first-order valence-electron chi connectivity index (χ1n) is 10.7. The standard InChI is InChI=1S/C23H26O11/c24-10-18-20(28)21(29)22(30)23(34-18)33-17-9-12(25)8-14(27)19(17)13(26)3-1-11-2-4-15-16(7-11)32-6-5-31-15/h2,4,7-9,18,20-25,27-30H,1,3,5-6,10H2/t18-,20-,21+,22-,23-/m1/s1. The number of phenolic OH excluding ortho intramolecular Hbond substituents is 2. The van der Waals surface area contributed by atoms with Gasteiger partial charge in [-0.1, -0.05) is 6.07 Å². The highest BCUT2D eigenvalue weighted by molar-refractivity contribution is 6.01. The fraction of sp³-hybridized carbons (Fsp3) is 0.435. The lowest BCUT2D eigenvalue weighted by Crippen LogP contribution is -2.60. The molecule has 11 nitrogen and oxygen atoms in total. The van der Waals surface area contributed by atoms with Crippen LogP contribution in [-0.2, 0) is 11.2 Å². The molecule has 1 fully saturated rings. The van der Waals surface area contributed by atoms with Gasteiger partial charge in [0.15, 0.2) is 17.3 Å². The third kappa shape index (κ3) is 4.88. The summed E-state index contributed by atoms with van der Waals surface area (Å²) in [5.74, 6) is -0.587. The first kappa shape index (κ1) is 24.0. The number of aryl methyl sites for hydroxylation is 1. The average Bonchev–Trinajstić information content (AvgIpc) is 2.82. The number of hydrogen-bond donors (Lipinski definition) is 6. The quantitative estimate of drug-likeness (QED) is 0.292. The number of Topliss-reactive ketones (excluding diaryl/α,β-unsaturated/α-hetero) is 1. The van der Waals surface area contributed by atoms with Gasteiger partial charge in [0.1, 0.15) is 60.4 Å². The highest BCUT2D eigenvalue weighted by atomic mass is 16.7. The van der Waals surface area contributed by atoms with Gasteiger partial charge in [-0.2, -0.15) is 0 Å². The minimum absolute atomic E-state index is 0.0387. The Morgan fingerprint density at radius 3 is 2.44 bits per heavy atom. The molecule has 5 atom stereocenters. The lowest BCUT2D eigenvalue weighted by atomic mass is 9.98. The number of ketones is 1. The van der Waals surface area contributed by atoms with E-state index < -0.39 is 54.6 Å². The van der Waals surface area contributed by atoms with E-state index in [1.165, 1.54) is 0 Å². The lowest BCUT2D eigenvalue weighted by Gasteiger charge is -2.39. The fourth-order valence-electron chi connectivity index (χ4n) is 3.88. The summed E-state index contributed by atoms with van der Waals surface area (Å²) in [5, 5.41) is 59.7. The van der Waals surface area contributed by atoms with Crippen molar-refractivity contribution < 1.29 is 54.4 Å². The second kappa shape index (κ2) is 10.0. The normalized spacial score (nSPS) is 26.2. The monoisotopic (exact) mass is 478 g/mol. The SMILES string of the molecule is O=C(CCc1ccc2c(c1)OCCO2)c1c(O)cc(O)cc1O[C@@H]1O[C@H](CO)[C@@H](O)[C@H](O)[C@H]1O. The van der Waals surface area contributed by atoms with E-state index in [0.717, 1.165) is 17.7 Å². The van der Waals surface area contributed by atoms with Crippen molar-refractivity contribution in [2.45, 2.75) is 43.5 Å². The molecule has 4 rings (SSSR count). The molecule has 1 saturated heterocycles. The number of aliphatic hydroxyl groups is 4. The Morgan fingerprint density at radius 2 is 1.71 bits per heavy atom. The van der Waals surface area contributed by atoms with Gasteiger partial charge in [-0.05, 0) is 24.1 Å². The third-order valence-electron chi connectivity index (χ3n) is 5.68. The molecular weight excluding hydrogens is 452 g/mol. The van der Waals surface area contributed by atoms with Crippen LogP contribution in [0.4, 0.5) is 0 Å². The van der Waals surface area contributed by atoms with Gasteiger partial charge in [-0.3, -0.25) is 4.79 Å². The third-order valence-corrected chi connectivity index (χ3v) is 5.68. The van der Waals surface area contributed by atoms with Crippen molar-refractivity contribution in [2.24, 2.45) is 0 Å². The molecule has 0 spiro atoms. The van der Waals surface area contributed by atoms with Gasteiger partial charge in [0, 0.05) is 18.6 Å². The van der Waals surface area contributed by atoms with Crippen LogP contribution in [-0.4, -0.2) is 86.9 Å². The molecule has 6 N–H and O–H groups in total. The number of carbonyl (C=O) groups is 1. The molecule has 0 aromatic heterocycles. The highest BCUT2D eigenvalue weighted by Crippen LogP contribution is 2.37. The lowest BCUT2D eigenvalue weighted by molar-refractivity contribution is -0.277. The molecule has 0 unspecified atom stereocenters. The number of hydrogen-bond acceptors (Lipinski definition) is 11. The molecule has 2 aliphatic heterocycles. The number of aromatic hydroxyl groups is 2. The predicted octanol–water partition coefficient (Wildman–Crippen LogP) is -0.137. The van der Waals surface area contributed by atoms with E-state index >= 15 is 0 Å². The maximum Gasteiger partial charge on any atom is 0.229 e. The summed E-state index contributed by atoms with van der Waals surface area (Å²) in [5.41, 5.74) is 0.541. The summed E-state index contributed by atoms with van der Waals surface area (Å²) in [6, 6.07) is 7.34. The smallest absolute Gasteiger partial charge is 0.229 e. The first-order valence-corrected chi connectivity index (χ1v) is 10.7. The van der Waals surface area contributed by atoms with Gasteiger partial charge in [0.25, 0.3) is 0 Å². The molecule has 34 heavy (non-hydrogen) atoms. The van der Waals surface area contributed by atoms with Gasteiger partial charge in [-0.15, -0.1) is 0 Å². The van der Waals surface area contributed by atoms with Crippen molar-refractivity contribution >= 4 is 5.78 Å². The van der Waals surface area contributed by atoms with Crippen LogP contribution in [0.5, 0.6) is 28.7 Å². The maximum absolute atomic E-state index is 13.0. The van der Waals surface area contributed by atoms with Crippen molar-refractivity contribution in [1.29, 1.82) is 0 Å². The van der Waals surface area contributed by atoms with Crippen molar-refractivity contribution in [3.63, 3.8) is 0 Å². The average molecular weight is 478 g/mol. The summed E-state index contributed by atoms with van der Waals surface area (Å²) in [6.07, 6.45) is -7.59. The first-order chi connectivity index (χ1) is 16.3. The number of rotatable bonds is 7. The Kier molecular flexibility index (Phi) is 7.10. The molecular formula is C23H26O11. The number of phenols is 2. The number of ether oxygens (including phenoxy) is 4. The number of benzene rings is 2. The Bertz CT molecular complexity index is 1040. The van der Waals surface area contributed by atoms with E-state index in [9.17, 15) is 35.4 Å². The van der Waals surface area contributed by atoms with Crippen LogP contribution in [0.2, 0.25) is 0 Å². The molecule has 0 saturated carbocycles. The molecule has 2 heterocycles. The van der Waals surface area contributed by atoms with E-state index in [-0.39, 0.29) is 17.7 Å². The Balaban J connectivity index is 1.52. The second-order valence-corrected chi connectivity index (χ2v) is 8.05. The van der Waals surface area contributed by atoms with Gasteiger partial charge >= 0.3 is 0 Å². The van der Waals surface area contributed by atoms with E-state index in [0.29, 0.717) is 31.1 Å². The van der Waals surface area contributed by atoms with Gasteiger partial charge < -0.3 is 49.6 Å². The molecule has 0 amide bonds. The van der Waals surface area contributed by atoms with Crippen LogP contribution >= 0.6 is 0 Å². The van der Waals surface area contributed by atoms with Crippen LogP contribution in [0.3, 0.4) is 0 Å². The summed E-state index contributed by atoms with van der Waals surface area (Å²) in [4.78, 5) is 13.0. The zero-order valence-electron chi connectivity index (χ0n) is 18.0. The Hall–Kier alpha value is -3.09. The van der Waals surface area contributed by atoms with Crippen molar-refractivity contribution in [3.8, 4) is 28.7 Å². The molecule has 0 bridgehead atoms. The Labute approximate surface area is 194 Å². The van der Waals surface area contributed by atoms with Crippen molar-refractivity contribution in [1.82, 2.24) is 0 Å². The fourth-order valence-corrected chi connectivity index (χ4v) is 3.88. The molecule has 2 aromatic carbocycles. The van der Waals surface area contributed by atoms with Crippen LogP contribution in [0.15, 0.2) is 30.3 Å². The molecule has 184 valence electrons. The van der Waals surface area contributed by atoms with Crippen LogP contribution in [0.1, 0.15) is 22.3 Å². The van der Waals surface area contributed by atoms with E-state index in [1.54, 1.807) is 18.2 Å². The maximum atomic E-state index is 13.0. The molecule has 2 aliphatic rings. The summed E-state index contributed by atoms with van der Waals surface area (Å²) >= 11 is 0. The molecule has 0 radical (unpaired) electrons. The topological polar surface area (TPSA) is 175 Å². The number of aliphatic hydroxyl groups excluding tert-OH is 4. The molecule has 11 heteroatoms. The van der Waals surface area contributed by atoms with Gasteiger partial charge in [0.2, 0.25) is 6.29 Å². The zero-order valence-corrected chi connectivity index (χ0v) is 18.0. The van der Waals surface area contributed by atoms with Crippen LogP contribution in [0.25, 0.3) is 0 Å². The van der Waals surface area contributed by atoms with Crippen LogP contribution in [0, 0.1) is 0 Å². The summed E-state index contributed by atoms with van der Waals surface area (Å²) < 4.78 is 21.8. The van der Waals surface area contributed by atoms with E-state index in [1.807, 2.05) is 0 Å². The van der Waals surface area contributed by atoms with Gasteiger partial charge in [0.05, 0.1) is 6.61 Å². The molecule has 0 aliphatic carbocycles. The summed E-state index contributed by atoms with van der Waals surface area (Å²) in [7, 11) is 0. The highest BCUT2D eigenvalue weighted by Gasteiger charge is 2.45. The van der Waals surface area contributed by atoms with E-state index in [4.69, 9.17) is 18.9 Å². The molecule has 2 aromatic rings. The van der Waals surface area contributed by atoms with Gasteiger partial charge in [-0.25, -0.2) is 0 Å². The van der Waals surface area contributed by atoms with E-state index in [2.05, 4.69) is 0 Å². The van der Waals surface area contributed by atoms with Crippen molar-refractivity contribution in [2.75, 3.05) is 19.8 Å². The number of carbonyl (C=O) groups excluding carboxylic acids is 1. The largest absolute Gasteiger partial charge is 0.508 e. The second-order valence-electron chi connectivity index (χ2n) is 8.05. The zero-order chi connectivity index (χ0) is 24.4. The minimum Gasteiger partial charge on any atom is -0.508 e.